The molecule has 1 aromatic rings. The zero-order chi connectivity index (χ0) is 14.5. The number of hydrogen-bond donors (Lipinski definition) is 0. The molecule has 0 fully saturated rings. The molecule has 7 heteroatoms. The topological polar surface area (TPSA) is 53.5 Å². The molecule has 0 amide bonds. The molecule has 0 aliphatic carbocycles. The highest BCUT2D eigenvalue weighted by atomic mass is 32.5. The van der Waals surface area contributed by atoms with E-state index in [1.165, 1.54) is 0 Å². The number of hydrogen-bond acceptors (Lipinski definition) is 6. The lowest BCUT2D eigenvalue weighted by Gasteiger charge is -2.20. The molecular weight excluding hydrogens is 287 g/mol. The van der Waals surface area contributed by atoms with Crippen LogP contribution in [0.3, 0.4) is 0 Å². The average molecular weight is 308 g/mol. The SMILES string of the molecule is Cc1cc(OP(=S)(O[13CH2][13CH3])O[13CH2][13CH3])nc(C(C)C)n1. The van der Waals surface area contributed by atoms with E-state index < -0.39 is 6.72 Å². The van der Waals surface area contributed by atoms with Gasteiger partial charge in [-0.2, -0.15) is 4.98 Å². The summed E-state index contributed by atoms with van der Waals surface area (Å²) in [5, 5.41) is 0. The summed E-state index contributed by atoms with van der Waals surface area (Å²) in [6.45, 7) is 7.78. The normalized spacial score (nSPS) is 11.9. The third-order valence-electron chi connectivity index (χ3n) is 2.14. The van der Waals surface area contributed by atoms with Crippen LogP contribution in [0.15, 0.2) is 6.07 Å². The Hall–Kier alpha value is -0.550. The van der Waals surface area contributed by atoms with Gasteiger partial charge in [-0.3, -0.25) is 9.05 Å². The quantitative estimate of drug-likeness (QED) is 0.567. The second-order valence-corrected chi connectivity index (χ2v) is 7.17. The van der Waals surface area contributed by atoms with Crippen molar-refractivity contribution in [2.24, 2.45) is 0 Å². The molecule has 0 radical (unpaired) electrons. The molecule has 1 rings (SSSR count). The highest BCUT2D eigenvalue weighted by Gasteiger charge is 2.22. The lowest BCUT2D eigenvalue weighted by molar-refractivity contribution is 0.215. The number of aromatic nitrogens is 2. The van der Waals surface area contributed by atoms with E-state index >= 15 is 0 Å². The van der Waals surface area contributed by atoms with Crippen molar-refractivity contribution in [3.63, 3.8) is 0 Å². The first kappa shape index (κ1) is 16.5. The van der Waals surface area contributed by atoms with Gasteiger partial charge in [-0.15, -0.1) is 0 Å². The van der Waals surface area contributed by atoms with Gasteiger partial charge >= 0.3 is 6.72 Å². The predicted octanol–water partition coefficient (Wildman–Crippen LogP) is 3.58. The van der Waals surface area contributed by atoms with Crippen LogP contribution >= 0.6 is 6.72 Å². The van der Waals surface area contributed by atoms with E-state index in [4.69, 9.17) is 25.4 Å². The Morgan fingerprint density at radius 1 is 1.21 bits per heavy atom. The Balaban J connectivity index is 2.99. The van der Waals surface area contributed by atoms with Crippen LogP contribution in [0.2, 0.25) is 0 Å². The van der Waals surface area contributed by atoms with Gasteiger partial charge in [-0.1, -0.05) is 13.8 Å². The molecule has 19 heavy (non-hydrogen) atoms. The second-order valence-electron chi connectivity index (χ2n) is 4.23. The fourth-order valence-corrected chi connectivity index (χ4v) is 3.38. The van der Waals surface area contributed by atoms with Gasteiger partial charge in [0.25, 0.3) is 0 Å². The molecular formula is C12H21N2O3PS. The Morgan fingerprint density at radius 2 is 1.79 bits per heavy atom. The Labute approximate surface area is 120 Å². The lowest BCUT2D eigenvalue weighted by Crippen LogP contribution is -2.06. The molecule has 0 N–H and O–H groups in total. The van der Waals surface area contributed by atoms with Crippen molar-refractivity contribution >= 4 is 18.5 Å². The second kappa shape index (κ2) is 7.29. The number of nitrogens with zero attached hydrogens (tertiary/aromatic N) is 2. The van der Waals surface area contributed by atoms with Crippen LogP contribution in [0.4, 0.5) is 0 Å². The third kappa shape index (κ3) is 5.15. The van der Waals surface area contributed by atoms with Gasteiger partial charge in [0.2, 0.25) is 5.88 Å². The standard InChI is InChI=1S/C12H21N2O3PS/c1-6-15-18(19,16-7-2)17-11-8-10(5)13-12(14-11)9(3)4/h8-9H,6-7H2,1-5H3/i1+1,2+1,6+1,7+1. The Bertz CT molecular complexity index is 458. The molecule has 0 spiro atoms. The summed E-state index contributed by atoms with van der Waals surface area (Å²) in [6, 6.07) is 1.74. The molecule has 0 bridgehead atoms. The van der Waals surface area contributed by atoms with Crippen LogP contribution in [0.5, 0.6) is 5.88 Å². The summed E-state index contributed by atoms with van der Waals surface area (Å²) in [6.07, 6.45) is 0. The monoisotopic (exact) mass is 308 g/mol. The smallest absolute Gasteiger partial charge is 0.381 e. The van der Waals surface area contributed by atoms with E-state index in [9.17, 15) is 0 Å². The number of aryl methyl sites for hydroxylation is 1. The van der Waals surface area contributed by atoms with E-state index in [-0.39, 0.29) is 5.92 Å². The van der Waals surface area contributed by atoms with Crippen LogP contribution in [-0.2, 0) is 20.9 Å². The van der Waals surface area contributed by atoms with E-state index in [0.29, 0.717) is 19.1 Å². The summed E-state index contributed by atoms with van der Waals surface area (Å²) in [4.78, 5) is 8.71. The molecule has 0 saturated carbocycles. The fraction of sp³-hybridized carbons (Fsp3) is 0.667. The maximum atomic E-state index is 5.68. The predicted molar refractivity (Wildman–Crippen MR) is 79.0 cm³/mol. The largest absolute Gasteiger partial charge is 0.406 e. The average Bonchev–Trinajstić information content (AvgIpc) is 2.28. The summed E-state index contributed by atoms with van der Waals surface area (Å²) < 4.78 is 16.6. The van der Waals surface area contributed by atoms with Gasteiger partial charge < -0.3 is 4.52 Å². The van der Waals surface area contributed by atoms with E-state index in [2.05, 4.69) is 9.97 Å². The summed E-state index contributed by atoms with van der Waals surface area (Å²) in [7, 11) is 0. The van der Waals surface area contributed by atoms with Crippen molar-refractivity contribution in [3.05, 3.63) is 17.6 Å². The zero-order valence-corrected chi connectivity index (χ0v) is 13.8. The van der Waals surface area contributed by atoms with Gasteiger partial charge in [-0.25, -0.2) is 4.98 Å². The zero-order valence-electron chi connectivity index (χ0n) is 12.0. The Kier molecular flexibility index (Phi) is 6.33. The molecule has 1 heterocycles. The van der Waals surface area contributed by atoms with Crippen molar-refractivity contribution < 1.29 is 13.6 Å². The van der Waals surface area contributed by atoms with Crippen molar-refractivity contribution in [1.82, 2.24) is 9.97 Å². The number of rotatable bonds is 7. The maximum Gasteiger partial charge on any atom is 0.381 e. The third-order valence-corrected chi connectivity index (χ3v) is 4.56. The highest BCUT2D eigenvalue weighted by molar-refractivity contribution is 8.07. The van der Waals surface area contributed by atoms with Gasteiger partial charge in [0, 0.05) is 29.5 Å². The molecule has 0 atom stereocenters. The first-order valence-electron chi connectivity index (χ1n) is 6.34. The molecule has 1 aromatic heterocycles. The van der Waals surface area contributed by atoms with Crippen LogP contribution in [0.25, 0.3) is 0 Å². The van der Waals surface area contributed by atoms with Gasteiger partial charge in [0.05, 0.1) is 13.2 Å². The minimum Gasteiger partial charge on any atom is -0.406 e. The van der Waals surface area contributed by atoms with Gasteiger partial charge in [0.15, 0.2) is 0 Å². The molecule has 0 unspecified atom stereocenters. The van der Waals surface area contributed by atoms with Gasteiger partial charge in [-0.05, 0) is 20.8 Å². The van der Waals surface area contributed by atoms with Crippen LogP contribution in [0, 0.1) is 6.92 Å². The fourth-order valence-electron chi connectivity index (χ4n) is 1.39. The van der Waals surface area contributed by atoms with Crippen molar-refractivity contribution in [2.45, 2.75) is 40.5 Å². The molecule has 5 nitrogen and oxygen atoms in total. The Morgan fingerprint density at radius 3 is 2.26 bits per heavy atom. The minimum absolute atomic E-state index is 0.222. The highest BCUT2D eigenvalue weighted by Crippen LogP contribution is 2.49. The van der Waals surface area contributed by atoms with Crippen molar-refractivity contribution in [3.8, 4) is 5.88 Å². The molecule has 108 valence electrons. The first-order valence-corrected chi connectivity index (χ1v) is 8.90. The molecule has 0 aromatic carbocycles. The summed E-state index contributed by atoms with van der Waals surface area (Å²) >= 11 is 5.32. The van der Waals surface area contributed by atoms with Crippen LogP contribution in [0.1, 0.15) is 45.1 Å². The summed E-state index contributed by atoms with van der Waals surface area (Å²) in [5.74, 6) is 1.37. The van der Waals surface area contributed by atoms with Crippen LogP contribution < -0.4 is 4.52 Å². The molecule has 0 saturated heterocycles. The van der Waals surface area contributed by atoms with E-state index in [1.54, 1.807) is 6.07 Å². The van der Waals surface area contributed by atoms with Crippen molar-refractivity contribution in [1.29, 1.82) is 0 Å². The first-order chi connectivity index (χ1) is 8.90. The minimum atomic E-state index is -2.77. The summed E-state index contributed by atoms with van der Waals surface area (Å²) in [5.41, 5.74) is 0.836. The van der Waals surface area contributed by atoms with Gasteiger partial charge in [0.1, 0.15) is 5.82 Å². The lowest BCUT2D eigenvalue weighted by atomic mass is 10.2. The van der Waals surface area contributed by atoms with Crippen LogP contribution in [-0.4, -0.2) is 23.2 Å². The molecule has 0 aliphatic heterocycles. The van der Waals surface area contributed by atoms with Crippen molar-refractivity contribution in [2.75, 3.05) is 13.2 Å². The van der Waals surface area contributed by atoms with E-state index in [0.717, 1.165) is 11.5 Å². The maximum absolute atomic E-state index is 5.68. The molecule has 0 aliphatic rings. The van der Waals surface area contributed by atoms with E-state index in [1.807, 2.05) is 34.6 Å².